The minimum Gasteiger partial charge on any atom is -0.487 e. The number of benzene rings is 1. The van der Waals surface area contributed by atoms with Crippen molar-refractivity contribution < 1.29 is 4.74 Å². The van der Waals surface area contributed by atoms with Gasteiger partial charge in [-0.2, -0.15) is 0 Å². The van der Waals surface area contributed by atoms with E-state index in [9.17, 15) is 0 Å². The van der Waals surface area contributed by atoms with Crippen LogP contribution in [0.15, 0.2) is 40.6 Å². The van der Waals surface area contributed by atoms with Crippen molar-refractivity contribution in [1.82, 2.24) is 0 Å². The molecule has 94 valence electrons. The van der Waals surface area contributed by atoms with Gasteiger partial charge in [-0.25, -0.2) is 0 Å². The van der Waals surface area contributed by atoms with Gasteiger partial charge in [0, 0.05) is 9.77 Å². The van der Waals surface area contributed by atoms with Crippen LogP contribution in [-0.4, -0.2) is 11.2 Å². The van der Waals surface area contributed by atoms with E-state index in [2.05, 4.69) is 0 Å². The van der Waals surface area contributed by atoms with Gasteiger partial charge >= 0.3 is 0 Å². The summed E-state index contributed by atoms with van der Waals surface area (Å²) >= 11 is 8.39. The Hall–Kier alpha value is -1.04. The van der Waals surface area contributed by atoms with Crippen LogP contribution in [-0.2, 0) is 6.61 Å². The highest BCUT2D eigenvalue weighted by Crippen LogP contribution is 2.29. The van der Waals surface area contributed by atoms with Crippen LogP contribution in [0.5, 0.6) is 5.75 Å². The minimum atomic E-state index is 0.376. The zero-order valence-electron chi connectivity index (χ0n) is 9.88. The molecule has 2 N–H and O–H groups in total. The first-order valence-electron chi connectivity index (χ1n) is 5.34. The van der Waals surface area contributed by atoms with E-state index in [1.807, 2.05) is 42.0 Å². The Morgan fingerprint density at radius 2 is 2.22 bits per heavy atom. The number of ether oxygens (including phenoxy) is 1. The molecule has 0 spiro atoms. The second kappa shape index (κ2) is 6.22. The number of thiophene rings is 1. The van der Waals surface area contributed by atoms with Gasteiger partial charge < -0.3 is 10.5 Å². The highest BCUT2D eigenvalue weighted by atomic mass is 32.2. The van der Waals surface area contributed by atoms with Gasteiger partial charge in [-0.1, -0.05) is 24.4 Å². The fourth-order valence-electron chi connectivity index (χ4n) is 1.59. The van der Waals surface area contributed by atoms with Crippen molar-refractivity contribution in [3.05, 3.63) is 46.2 Å². The molecule has 0 aliphatic rings. The lowest BCUT2D eigenvalue weighted by Crippen LogP contribution is -2.13. The molecule has 1 aromatic heterocycles. The summed E-state index contributed by atoms with van der Waals surface area (Å²) in [5.41, 5.74) is 6.61. The van der Waals surface area contributed by atoms with E-state index in [0.717, 1.165) is 16.2 Å². The van der Waals surface area contributed by atoms with Crippen molar-refractivity contribution in [3.63, 3.8) is 0 Å². The molecule has 0 saturated heterocycles. The standard InChI is InChI=1S/C13H13NOS3/c1-17-11-6-2-5-10(12(11)13(14)16)15-8-9-4-3-7-18-9/h2-7H,8H2,1H3,(H2,14,16). The first-order chi connectivity index (χ1) is 8.72. The Morgan fingerprint density at radius 1 is 1.39 bits per heavy atom. The molecule has 18 heavy (non-hydrogen) atoms. The molecule has 0 bridgehead atoms. The number of nitrogens with two attached hydrogens (primary N) is 1. The monoisotopic (exact) mass is 295 g/mol. The van der Waals surface area contributed by atoms with Crippen LogP contribution < -0.4 is 10.5 Å². The van der Waals surface area contributed by atoms with E-state index in [1.54, 1.807) is 23.1 Å². The molecule has 1 aromatic carbocycles. The highest BCUT2D eigenvalue weighted by Gasteiger charge is 2.11. The second-order valence-corrected chi connectivity index (χ2v) is 5.89. The maximum atomic E-state index is 5.81. The molecule has 0 fully saturated rings. The average molecular weight is 295 g/mol. The van der Waals surface area contributed by atoms with Gasteiger partial charge in [-0.3, -0.25) is 0 Å². The van der Waals surface area contributed by atoms with Crippen LogP contribution in [0.25, 0.3) is 0 Å². The number of rotatable bonds is 5. The third kappa shape index (κ3) is 3.04. The molecule has 0 radical (unpaired) electrons. The summed E-state index contributed by atoms with van der Waals surface area (Å²) in [4.78, 5) is 2.60. The molecule has 0 atom stereocenters. The Labute approximate surface area is 120 Å². The number of hydrogen-bond donors (Lipinski definition) is 1. The largest absolute Gasteiger partial charge is 0.487 e. The third-order valence-electron chi connectivity index (χ3n) is 2.40. The van der Waals surface area contributed by atoms with E-state index in [0.29, 0.717) is 11.6 Å². The van der Waals surface area contributed by atoms with Crippen molar-refractivity contribution in [3.8, 4) is 5.75 Å². The van der Waals surface area contributed by atoms with Crippen LogP contribution in [0.2, 0.25) is 0 Å². The Morgan fingerprint density at radius 3 is 2.83 bits per heavy atom. The molecule has 0 aliphatic carbocycles. The van der Waals surface area contributed by atoms with Gasteiger partial charge in [0.05, 0.1) is 5.56 Å². The molecule has 2 rings (SSSR count). The van der Waals surface area contributed by atoms with Gasteiger partial charge in [0.15, 0.2) is 0 Å². The number of thiocarbonyl (C=S) groups is 1. The van der Waals surface area contributed by atoms with Gasteiger partial charge in [0.1, 0.15) is 17.3 Å². The summed E-state index contributed by atoms with van der Waals surface area (Å²) in [5, 5.41) is 2.03. The Bertz CT molecular complexity index is 537. The quantitative estimate of drug-likeness (QED) is 0.674. The van der Waals surface area contributed by atoms with Crippen LogP contribution in [0.1, 0.15) is 10.4 Å². The van der Waals surface area contributed by atoms with Crippen molar-refractivity contribution in [2.24, 2.45) is 5.73 Å². The minimum absolute atomic E-state index is 0.376. The maximum absolute atomic E-state index is 5.81. The van der Waals surface area contributed by atoms with Crippen molar-refractivity contribution in [1.29, 1.82) is 0 Å². The summed E-state index contributed by atoms with van der Waals surface area (Å²) in [7, 11) is 0. The third-order valence-corrected chi connectivity index (χ3v) is 4.24. The van der Waals surface area contributed by atoms with Crippen LogP contribution in [0.4, 0.5) is 0 Å². The Balaban J connectivity index is 2.24. The fraction of sp³-hybridized carbons (Fsp3) is 0.154. The number of hydrogen-bond acceptors (Lipinski definition) is 4. The van der Waals surface area contributed by atoms with E-state index in [-0.39, 0.29) is 0 Å². The van der Waals surface area contributed by atoms with Gasteiger partial charge in [0.25, 0.3) is 0 Å². The predicted octanol–water partition coefficient (Wildman–Crippen LogP) is 3.68. The van der Waals surface area contributed by atoms with E-state index in [1.165, 1.54) is 4.88 Å². The number of thioether (sulfide) groups is 1. The summed E-state index contributed by atoms with van der Waals surface area (Å²) in [6, 6.07) is 9.91. The average Bonchev–Trinajstić information content (AvgIpc) is 2.88. The summed E-state index contributed by atoms with van der Waals surface area (Å²) < 4.78 is 5.81. The van der Waals surface area contributed by atoms with Crippen LogP contribution in [0, 0.1) is 0 Å². The summed E-state index contributed by atoms with van der Waals surface area (Å²) in [6.45, 7) is 0.547. The van der Waals surface area contributed by atoms with Gasteiger partial charge in [-0.15, -0.1) is 23.1 Å². The zero-order chi connectivity index (χ0) is 13.0. The first-order valence-corrected chi connectivity index (χ1v) is 7.85. The summed E-state index contributed by atoms with van der Waals surface area (Å²) in [5.74, 6) is 0.753. The van der Waals surface area contributed by atoms with Crippen molar-refractivity contribution >= 4 is 40.3 Å². The molecule has 0 aliphatic heterocycles. The zero-order valence-corrected chi connectivity index (χ0v) is 12.3. The lowest BCUT2D eigenvalue weighted by atomic mass is 10.2. The first kappa shape index (κ1) is 13.4. The molecular weight excluding hydrogens is 282 g/mol. The Kier molecular flexibility index (Phi) is 4.63. The van der Waals surface area contributed by atoms with E-state index < -0.39 is 0 Å². The summed E-state index contributed by atoms with van der Waals surface area (Å²) in [6.07, 6.45) is 2.00. The lowest BCUT2D eigenvalue weighted by Gasteiger charge is -2.13. The van der Waals surface area contributed by atoms with Crippen molar-refractivity contribution in [2.75, 3.05) is 6.26 Å². The van der Waals surface area contributed by atoms with Gasteiger partial charge in [-0.05, 0) is 29.8 Å². The molecule has 2 aromatic rings. The smallest absolute Gasteiger partial charge is 0.131 e. The predicted molar refractivity (Wildman–Crippen MR) is 82.8 cm³/mol. The molecule has 0 amide bonds. The van der Waals surface area contributed by atoms with Crippen molar-refractivity contribution in [2.45, 2.75) is 11.5 Å². The normalized spacial score (nSPS) is 10.3. The van der Waals surface area contributed by atoms with Gasteiger partial charge in [0.2, 0.25) is 0 Å². The highest BCUT2D eigenvalue weighted by molar-refractivity contribution is 7.98. The maximum Gasteiger partial charge on any atom is 0.131 e. The molecule has 0 saturated carbocycles. The SMILES string of the molecule is CSc1cccc(OCc2cccs2)c1C(N)=S. The molecular formula is C13H13NOS3. The van der Waals surface area contributed by atoms with E-state index >= 15 is 0 Å². The lowest BCUT2D eigenvalue weighted by molar-refractivity contribution is 0.308. The topological polar surface area (TPSA) is 35.2 Å². The molecule has 2 nitrogen and oxygen atoms in total. The second-order valence-electron chi connectivity index (χ2n) is 3.57. The van der Waals surface area contributed by atoms with Crippen LogP contribution in [0.3, 0.4) is 0 Å². The molecule has 0 unspecified atom stereocenters. The molecule has 1 heterocycles. The fourth-order valence-corrected chi connectivity index (χ4v) is 3.11. The molecule has 5 heteroatoms. The van der Waals surface area contributed by atoms with E-state index in [4.69, 9.17) is 22.7 Å². The van der Waals surface area contributed by atoms with Crippen LogP contribution >= 0.6 is 35.3 Å².